The maximum atomic E-state index is 11.8. The first-order valence-corrected chi connectivity index (χ1v) is 6.74. The van der Waals surface area contributed by atoms with Crippen LogP contribution in [0.15, 0.2) is 23.3 Å². The van der Waals surface area contributed by atoms with Crippen molar-refractivity contribution in [1.29, 1.82) is 0 Å². The fourth-order valence-electron chi connectivity index (χ4n) is 3.64. The molecule has 4 heteroatoms. The lowest BCUT2D eigenvalue weighted by Crippen LogP contribution is -2.50. The van der Waals surface area contributed by atoms with Crippen molar-refractivity contribution in [3.8, 4) is 0 Å². The van der Waals surface area contributed by atoms with Gasteiger partial charge in [0.25, 0.3) is 0 Å². The second-order valence-electron chi connectivity index (χ2n) is 5.84. The smallest absolute Gasteiger partial charge is 0.334 e. The lowest BCUT2D eigenvalue weighted by Gasteiger charge is -2.40. The normalized spacial score (nSPS) is 38.3. The molecule has 3 rings (SSSR count). The summed E-state index contributed by atoms with van der Waals surface area (Å²) in [4.78, 5) is 23.4. The molecule has 102 valence electrons. The predicted molar refractivity (Wildman–Crippen MR) is 68.2 cm³/mol. The van der Waals surface area contributed by atoms with E-state index >= 15 is 0 Å². The number of rotatable bonds is 0. The Morgan fingerprint density at radius 1 is 1.26 bits per heavy atom. The Morgan fingerprint density at radius 2 is 2.00 bits per heavy atom. The molecule has 0 spiro atoms. The number of ether oxygens (including phenoxy) is 2. The molecule has 3 atom stereocenters. The zero-order chi connectivity index (χ0) is 13.8. The summed E-state index contributed by atoms with van der Waals surface area (Å²) in [6, 6.07) is 0. The number of esters is 2. The molecule has 2 saturated heterocycles. The largest absolute Gasteiger partial charge is 0.454 e. The molecule has 0 amide bonds. The third-order valence-corrected chi connectivity index (χ3v) is 4.70. The molecule has 0 unspecified atom stereocenters. The molecule has 2 fully saturated rings. The summed E-state index contributed by atoms with van der Waals surface area (Å²) in [5.41, 5.74) is 2.09. The lowest BCUT2D eigenvalue weighted by molar-refractivity contribution is -0.177. The maximum Gasteiger partial charge on any atom is 0.334 e. The maximum absolute atomic E-state index is 11.8. The summed E-state index contributed by atoms with van der Waals surface area (Å²) in [7, 11) is 0. The van der Waals surface area contributed by atoms with Gasteiger partial charge in [0.05, 0.1) is 0 Å². The zero-order valence-electron chi connectivity index (χ0n) is 11.3. The standard InChI is InChI=1S/C15H18O4/c1-8-4-5-10-9(2)14(17)18-13(10)15(3)11(8)6-7-12(16)19-15/h10,13H,2,4-7H2,1,3H3/t10-,13+,15-/m0/s1. The molecule has 0 aromatic carbocycles. The number of fused-ring (bicyclic) bond motifs is 3. The van der Waals surface area contributed by atoms with Crippen molar-refractivity contribution >= 4 is 11.9 Å². The molecule has 0 bridgehead atoms. The third-order valence-electron chi connectivity index (χ3n) is 4.70. The van der Waals surface area contributed by atoms with E-state index in [0.29, 0.717) is 18.4 Å². The van der Waals surface area contributed by atoms with E-state index in [-0.39, 0.29) is 17.9 Å². The Labute approximate surface area is 112 Å². The van der Waals surface area contributed by atoms with Gasteiger partial charge in [0.15, 0.2) is 11.7 Å². The van der Waals surface area contributed by atoms with E-state index in [0.717, 1.165) is 18.4 Å². The van der Waals surface area contributed by atoms with Gasteiger partial charge in [-0.1, -0.05) is 12.2 Å². The molecule has 0 N–H and O–H groups in total. The molecular weight excluding hydrogens is 244 g/mol. The van der Waals surface area contributed by atoms with Crippen molar-refractivity contribution in [2.45, 2.75) is 51.2 Å². The van der Waals surface area contributed by atoms with E-state index in [4.69, 9.17) is 9.47 Å². The highest BCUT2D eigenvalue weighted by Crippen LogP contribution is 2.48. The monoisotopic (exact) mass is 262 g/mol. The average molecular weight is 262 g/mol. The summed E-state index contributed by atoms with van der Waals surface area (Å²) in [6.45, 7) is 7.79. The van der Waals surface area contributed by atoms with Crippen LogP contribution in [0.4, 0.5) is 0 Å². The number of hydrogen-bond donors (Lipinski definition) is 0. The molecule has 2 heterocycles. The van der Waals surface area contributed by atoms with E-state index in [1.807, 2.05) is 6.92 Å². The van der Waals surface area contributed by atoms with Crippen LogP contribution in [0.2, 0.25) is 0 Å². The van der Waals surface area contributed by atoms with Crippen LogP contribution >= 0.6 is 0 Å². The van der Waals surface area contributed by atoms with Crippen molar-refractivity contribution in [2.24, 2.45) is 5.92 Å². The first-order chi connectivity index (χ1) is 8.93. The van der Waals surface area contributed by atoms with Gasteiger partial charge in [0.1, 0.15) is 0 Å². The Kier molecular flexibility index (Phi) is 2.59. The van der Waals surface area contributed by atoms with Crippen molar-refractivity contribution < 1.29 is 19.1 Å². The van der Waals surface area contributed by atoms with Crippen LogP contribution in [0, 0.1) is 5.92 Å². The topological polar surface area (TPSA) is 52.6 Å². The van der Waals surface area contributed by atoms with Gasteiger partial charge in [-0.3, -0.25) is 4.79 Å². The highest BCUT2D eigenvalue weighted by molar-refractivity contribution is 5.91. The summed E-state index contributed by atoms with van der Waals surface area (Å²) in [5.74, 6) is -0.610. The number of allylic oxidation sites excluding steroid dienone is 1. The Balaban J connectivity index is 2.09. The molecule has 0 saturated carbocycles. The summed E-state index contributed by atoms with van der Waals surface area (Å²) in [6.07, 6.45) is 2.43. The second-order valence-corrected chi connectivity index (χ2v) is 5.84. The Bertz CT molecular complexity index is 516. The van der Waals surface area contributed by atoms with Gasteiger partial charge in [0, 0.05) is 17.9 Å². The summed E-state index contributed by atoms with van der Waals surface area (Å²) >= 11 is 0. The number of carbonyl (C=O) groups is 2. The minimum atomic E-state index is -0.810. The van der Waals surface area contributed by atoms with Crippen LogP contribution in [-0.4, -0.2) is 23.6 Å². The quantitative estimate of drug-likeness (QED) is 0.382. The van der Waals surface area contributed by atoms with Gasteiger partial charge in [-0.05, 0) is 38.7 Å². The first-order valence-electron chi connectivity index (χ1n) is 6.74. The average Bonchev–Trinajstić information content (AvgIpc) is 2.58. The molecule has 2 aliphatic heterocycles. The van der Waals surface area contributed by atoms with Crippen molar-refractivity contribution in [1.82, 2.24) is 0 Å². The van der Waals surface area contributed by atoms with Crippen molar-refractivity contribution in [2.75, 3.05) is 0 Å². The lowest BCUT2D eigenvalue weighted by atomic mass is 9.79. The van der Waals surface area contributed by atoms with Gasteiger partial charge < -0.3 is 9.47 Å². The highest BCUT2D eigenvalue weighted by atomic mass is 16.6. The van der Waals surface area contributed by atoms with E-state index < -0.39 is 11.7 Å². The van der Waals surface area contributed by atoms with Crippen LogP contribution in [0.1, 0.15) is 39.5 Å². The minimum Gasteiger partial charge on any atom is -0.454 e. The van der Waals surface area contributed by atoms with E-state index in [1.165, 1.54) is 5.57 Å². The predicted octanol–water partition coefficient (Wildman–Crippen LogP) is 2.29. The molecule has 0 radical (unpaired) electrons. The second kappa shape index (κ2) is 3.95. The summed E-state index contributed by atoms with van der Waals surface area (Å²) < 4.78 is 11.1. The molecular formula is C15H18O4. The number of hydrogen-bond acceptors (Lipinski definition) is 4. The van der Waals surface area contributed by atoms with E-state index in [1.54, 1.807) is 0 Å². The van der Waals surface area contributed by atoms with Crippen LogP contribution in [0.3, 0.4) is 0 Å². The van der Waals surface area contributed by atoms with Crippen molar-refractivity contribution in [3.63, 3.8) is 0 Å². The molecule has 4 nitrogen and oxygen atoms in total. The zero-order valence-corrected chi connectivity index (χ0v) is 11.3. The molecule has 0 aromatic heterocycles. The molecule has 3 aliphatic rings. The van der Waals surface area contributed by atoms with Gasteiger partial charge in [-0.15, -0.1) is 0 Å². The van der Waals surface area contributed by atoms with E-state index in [2.05, 4.69) is 13.5 Å². The van der Waals surface area contributed by atoms with Crippen molar-refractivity contribution in [3.05, 3.63) is 23.3 Å². The van der Waals surface area contributed by atoms with Gasteiger partial charge in [-0.25, -0.2) is 4.79 Å². The molecule has 1 aliphatic carbocycles. The molecule has 19 heavy (non-hydrogen) atoms. The van der Waals surface area contributed by atoms with Gasteiger partial charge in [-0.2, -0.15) is 0 Å². The van der Waals surface area contributed by atoms with Crippen LogP contribution in [0.5, 0.6) is 0 Å². The molecule has 0 aromatic rings. The van der Waals surface area contributed by atoms with Crippen LogP contribution in [0.25, 0.3) is 0 Å². The fraction of sp³-hybridized carbons (Fsp3) is 0.600. The first kappa shape index (κ1) is 12.5. The minimum absolute atomic E-state index is 0.0455. The number of carbonyl (C=O) groups excluding carboxylic acids is 2. The Morgan fingerprint density at radius 3 is 2.74 bits per heavy atom. The van der Waals surface area contributed by atoms with Crippen LogP contribution in [-0.2, 0) is 19.1 Å². The highest BCUT2D eigenvalue weighted by Gasteiger charge is 2.56. The van der Waals surface area contributed by atoms with Crippen LogP contribution < -0.4 is 0 Å². The van der Waals surface area contributed by atoms with E-state index in [9.17, 15) is 9.59 Å². The third kappa shape index (κ3) is 1.66. The SMILES string of the molecule is C=C1C(=O)O[C@@H]2[C@H]1CCC(C)=C1CCC(=O)O[C@@]12C. The fourth-order valence-corrected chi connectivity index (χ4v) is 3.64. The Hall–Kier alpha value is -1.58. The summed E-state index contributed by atoms with van der Waals surface area (Å²) in [5, 5.41) is 0. The van der Waals surface area contributed by atoms with Gasteiger partial charge >= 0.3 is 11.9 Å². The van der Waals surface area contributed by atoms with Gasteiger partial charge in [0.2, 0.25) is 0 Å².